The Bertz CT molecular complexity index is 904. The van der Waals surface area contributed by atoms with Crippen LogP contribution in [0.15, 0.2) is 61.5 Å². The molecule has 0 spiro atoms. The van der Waals surface area contributed by atoms with Crippen molar-refractivity contribution in [2.75, 3.05) is 5.32 Å². The van der Waals surface area contributed by atoms with Crippen LogP contribution in [0.3, 0.4) is 0 Å². The lowest BCUT2D eigenvalue weighted by Crippen LogP contribution is -2.10. The molecule has 2 heterocycles. The van der Waals surface area contributed by atoms with Gasteiger partial charge >= 0.3 is 5.63 Å². The first-order valence-electron chi connectivity index (χ1n) is 6.03. The number of nitrogens with one attached hydrogen (secondary N) is 1. The highest BCUT2D eigenvalue weighted by Crippen LogP contribution is 2.47. The minimum Gasteiger partial charge on any atom is -0.422 e. The van der Waals surface area contributed by atoms with Crippen LogP contribution >= 0.6 is 23.4 Å². The number of halogens is 1. The standard InChI is InChI=1S/C15H8ClNO2S/c16-9-5-3-7-11-13(9)17-12-8-4-1-2-6-10(8)19-15(18)14(12)20-11/h1-7,17H. The van der Waals surface area contributed by atoms with Crippen LogP contribution in [0.25, 0.3) is 11.0 Å². The lowest BCUT2D eigenvalue weighted by atomic mass is 10.2. The molecule has 3 nitrogen and oxygen atoms in total. The van der Waals surface area contributed by atoms with Crippen LogP contribution in [0.5, 0.6) is 0 Å². The third kappa shape index (κ3) is 1.65. The van der Waals surface area contributed by atoms with Crippen molar-refractivity contribution in [3.05, 3.63) is 57.9 Å². The van der Waals surface area contributed by atoms with E-state index in [4.69, 9.17) is 16.0 Å². The van der Waals surface area contributed by atoms with Gasteiger partial charge in [0, 0.05) is 10.3 Å². The van der Waals surface area contributed by atoms with Gasteiger partial charge in [-0.25, -0.2) is 4.79 Å². The Morgan fingerprint density at radius 3 is 2.80 bits per heavy atom. The maximum atomic E-state index is 12.1. The highest BCUT2D eigenvalue weighted by Gasteiger charge is 2.23. The van der Waals surface area contributed by atoms with E-state index < -0.39 is 0 Å². The first-order chi connectivity index (χ1) is 9.74. The van der Waals surface area contributed by atoms with Crippen LogP contribution < -0.4 is 10.9 Å². The van der Waals surface area contributed by atoms with Gasteiger partial charge in [-0.05, 0) is 24.3 Å². The summed E-state index contributed by atoms with van der Waals surface area (Å²) in [7, 11) is 0. The maximum absolute atomic E-state index is 12.1. The fourth-order valence-electron chi connectivity index (χ4n) is 2.30. The third-order valence-corrected chi connectivity index (χ3v) is 4.66. The summed E-state index contributed by atoms with van der Waals surface area (Å²) in [5.41, 5.74) is 1.84. The average molecular weight is 302 g/mol. The van der Waals surface area contributed by atoms with Crippen molar-refractivity contribution in [2.45, 2.75) is 9.79 Å². The van der Waals surface area contributed by atoms with Crippen molar-refractivity contribution in [1.82, 2.24) is 0 Å². The molecule has 98 valence electrons. The van der Waals surface area contributed by atoms with Gasteiger partial charge in [0.25, 0.3) is 0 Å². The Balaban J connectivity index is 2.05. The molecule has 3 aromatic rings. The van der Waals surface area contributed by atoms with Gasteiger partial charge in [0.2, 0.25) is 0 Å². The second-order valence-electron chi connectivity index (χ2n) is 4.43. The summed E-state index contributed by atoms with van der Waals surface area (Å²) in [6, 6.07) is 13.1. The van der Waals surface area contributed by atoms with Crippen molar-refractivity contribution in [3.63, 3.8) is 0 Å². The van der Waals surface area contributed by atoms with Gasteiger partial charge in [-0.2, -0.15) is 0 Å². The van der Waals surface area contributed by atoms with Gasteiger partial charge in [0.05, 0.1) is 16.4 Å². The summed E-state index contributed by atoms with van der Waals surface area (Å²) in [6.07, 6.45) is 0. The maximum Gasteiger partial charge on any atom is 0.352 e. The fraction of sp³-hybridized carbons (Fsp3) is 0. The number of fused-ring (bicyclic) bond motifs is 4. The minimum absolute atomic E-state index is 0.332. The monoisotopic (exact) mass is 301 g/mol. The van der Waals surface area contributed by atoms with Crippen molar-refractivity contribution in [1.29, 1.82) is 0 Å². The topological polar surface area (TPSA) is 42.2 Å². The van der Waals surface area contributed by atoms with Crippen molar-refractivity contribution >= 4 is 45.7 Å². The molecule has 4 rings (SSSR count). The quantitative estimate of drug-likeness (QED) is 0.480. The van der Waals surface area contributed by atoms with E-state index in [0.29, 0.717) is 15.5 Å². The number of hydrogen-bond acceptors (Lipinski definition) is 4. The molecule has 0 aliphatic carbocycles. The number of rotatable bonds is 0. The van der Waals surface area contributed by atoms with Gasteiger partial charge < -0.3 is 9.73 Å². The van der Waals surface area contributed by atoms with Crippen LogP contribution in [-0.4, -0.2) is 0 Å². The van der Waals surface area contributed by atoms with Crippen LogP contribution in [0.4, 0.5) is 11.4 Å². The molecule has 0 saturated heterocycles. The molecule has 0 fully saturated rings. The molecule has 1 aromatic heterocycles. The third-order valence-electron chi connectivity index (χ3n) is 3.21. The number of anilines is 2. The smallest absolute Gasteiger partial charge is 0.352 e. The second kappa shape index (κ2) is 4.30. The van der Waals surface area contributed by atoms with E-state index in [1.807, 2.05) is 36.4 Å². The fourth-order valence-corrected chi connectivity index (χ4v) is 3.59. The van der Waals surface area contributed by atoms with E-state index in [-0.39, 0.29) is 5.63 Å². The van der Waals surface area contributed by atoms with Gasteiger partial charge in [-0.15, -0.1) is 0 Å². The zero-order chi connectivity index (χ0) is 13.7. The molecule has 0 saturated carbocycles. The Morgan fingerprint density at radius 2 is 1.90 bits per heavy atom. The van der Waals surface area contributed by atoms with E-state index in [0.717, 1.165) is 21.7 Å². The van der Waals surface area contributed by atoms with Gasteiger partial charge in [0.15, 0.2) is 0 Å². The van der Waals surface area contributed by atoms with Crippen LogP contribution in [0, 0.1) is 0 Å². The Morgan fingerprint density at radius 1 is 1.05 bits per heavy atom. The summed E-state index contributed by atoms with van der Waals surface area (Å²) in [5.74, 6) is 0. The zero-order valence-corrected chi connectivity index (χ0v) is 11.7. The average Bonchev–Trinajstić information content (AvgIpc) is 2.47. The summed E-state index contributed by atoms with van der Waals surface area (Å²) < 4.78 is 5.36. The van der Waals surface area contributed by atoms with E-state index in [2.05, 4.69) is 5.32 Å². The summed E-state index contributed by atoms with van der Waals surface area (Å²) in [4.78, 5) is 13.6. The molecule has 2 aromatic carbocycles. The Kier molecular flexibility index (Phi) is 2.55. The largest absolute Gasteiger partial charge is 0.422 e. The summed E-state index contributed by atoms with van der Waals surface area (Å²) >= 11 is 7.61. The second-order valence-corrected chi connectivity index (χ2v) is 5.89. The highest BCUT2D eigenvalue weighted by atomic mass is 35.5. The molecule has 1 aliphatic rings. The molecular formula is C15H8ClNO2S. The normalized spacial score (nSPS) is 12.7. The van der Waals surface area contributed by atoms with E-state index in [1.54, 1.807) is 6.07 Å². The molecule has 0 bridgehead atoms. The van der Waals surface area contributed by atoms with Gasteiger partial charge in [-0.1, -0.05) is 41.6 Å². The predicted molar refractivity (Wildman–Crippen MR) is 81.3 cm³/mol. The SMILES string of the molecule is O=c1oc2ccccc2c2c1Sc1cccc(Cl)c1N2. The van der Waals surface area contributed by atoms with E-state index >= 15 is 0 Å². The number of benzene rings is 2. The molecule has 5 heteroatoms. The number of hydrogen-bond donors (Lipinski definition) is 1. The minimum atomic E-state index is -0.332. The van der Waals surface area contributed by atoms with Crippen LogP contribution in [0.1, 0.15) is 0 Å². The molecule has 0 atom stereocenters. The van der Waals surface area contributed by atoms with Crippen molar-refractivity contribution < 1.29 is 4.42 Å². The first kappa shape index (κ1) is 11.9. The Labute approximate surface area is 123 Å². The van der Waals surface area contributed by atoms with Crippen molar-refractivity contribution in [3.8, 4) is 0 Å². The molecule has 0 radical (unpaired) electrons. The molecule has 0 amide bonds. The zero-order valence-electron chi connectivity index (χ0n) is 10.1. The lowest BCUT2D eigenvalue weighted by molar-refractivity contribution is 0.544. The summed E-state index contributed by atoms with van der Waals surface area (Å²) in [5, 5.41) is 4.79. The van der Waals surface area contributed by atoms with Gasteiger partial charge in [-0.3, -0.25) is 0 Å². The van der Waals surface area contributed by atoms with Crippen LogP contribution in [0.2, 0.25) is 5.02 Å². The first-order valence-corrected chi connectivity index (χ1v) is 7.23. The molecular weight excluding hydrogens is 294 g/mol. The lowest BCUT2D eigenvalue weighted by Gasteiger charge is -2.21. The van der Waals surface area contributed by atoms with E-state index in [9.17, 15) is 4.79 Å². The van der Waals surface area contributed by atoms with Gasteiger partial charge in [0.1, 0.15) is 10.5 Å². The predicted octanol–water partition coefficient (Wildman–Crippen LogP) is 4.65. The Hall–Kier alpha value is -1.91. The summed E-state index contributed by atoms with van der Waals surface area (Å²) in [6.45, 7) is 0. The highest BCUT2D eigenvalue weighted by molar-refractivity contribution is 7.99. The molecule has 20 heavy (non-hydrogen) atoms. The molecule has 1 N–H and O–H groups in total. The van der Waals surface area contributed by atoms with Crippen molar-refractivity contribution in [2.24, 2.45) is 0 Å². The van der Waals surface area contributed by atoms with E-state index in [1.165, 1.54) is 11.8 Å². The number of para-hydroxylation sites is 2. The molecule has 0 unspecified atom stereocenters. The molecule has 1 aliphatic heterocycles. The van der Waals surface area contributed by atoms with Crippen LogP contribution in [-0.2, 0) is 0 Å².